The van der Waals surface area contributed by atoms with E-state index in [1.54, 1.807) is 0 Å². The summed E-state index contributed by atoms with van der Waals surface area (Å²) in [5, 5.41) is 8.73. The quantitative estimate of drug-likeness (QED) is 0.905. The van der Waals surface area contributed by atoms with Crippen molar-refractivity contribution in [2.75, 3.05) is 6.61 Å². The highest BCUT2D eigenvalue weighted by atomic mass is 19.4. The summed E-state index contributed by atoms with van der Waals surface area (Å²) in [6.07, 6.45) is -2.70. The molecule has 0 aliphatic heterocycles. The summed E-state index contributed by atoms with van der Waals surface area (Å²) in [5.74, 6) is -1.41. The molecule has 0 spiro atoms. The van der Waals surface area contributed by atoms with Crippen LogP contribution in [0.3, 0.4) is 0 Å². The first-order valence-electron chi connectivity index (χ1n) is 5.32. The molecule has 1 aliphatic carbocycles. The number of carboxylic acids is 1. The van der Waals surface area contributed by atoms with Crippen LogP contribution in [0.1, 0.15) is 28.9 Å². The van der Waals surface area contributed by atoms with Crippen molar-refractivity contribution >= 4 is 5.97 Å². The SMILES string of the molecule is O=C(O)c1nc(OCC2CC2)ccc1C(F)(F)F. The molecule has 0 radical (unpaired) electrons. The van der Waals surface area contributed by atoms with Crippen molar-refractivity contribution in [3.05, 3.63) is 23.4 Å². The molecule has 2 rings (SSSR count). The highest BCUT2D eigenvalue weighted by Crippen LogP contribution is 2.33. The van der Waals surface area contributed by atoms with Crippen LogP contribution in [0.2, 0.25) is 0 Å². The Morgan fingerprint density at radius 2 is 2.11 bits per heavy atom. The molecule has 7 heteroatoms. The lowest BCUT2D eigenvalue weighted by Gasteiger charge is -2.11. The van der Waals surface area contributed by atoms with Gasteiger partial charge in [-0.1, -0.05) is 0 Å². The Balaban J connectivity index is 2.24. The van der Waals surface area contributed by atoms with Gasteiger partial charge in [-0.3, -0.25) is 0 Å². The van der Waals surface area contributed by atoms with Crippen LogP contribution in [0.5, 0.6) is 5.88 Å². The number of pyridine rings is 1. The number of aromatic carboxylic acids is 1. The summed E-state index contributed by atoms with van der Waals surface area (Å²) in [6, 6.07) is 1.72. The normalized spacial score (nSPS) is 15.5. The molecule has 0 atom stereocenters. The Hall–Kier alpha value is -1.79. The summed E-state index contributed by atoms with van der Waals surface area (Å²) < 4.78 is 42.7. The molecular weight excluding hydrogens is 251 g/mol. The molecular formula is C11H10F3NO3. The molecule has 4 nitrogen and oxygen atoms in total. The second kappa shape index (κ2) is 4.47. The Morgan fingerprint density at radius 1 is 1.44 bits per heavy atom. The summed E-state index contributed by atoms with van der Waals surface area (Å²) in [7, 11) is 0. The smallest absolute Gasteiger partial charge is 0.418 e. The van der Waals surface area contributed by atoms with Crippen molar-refractivity contribution in [1.82, 2.24) is 4.98 Å². The van der Waals surface area contributed by atoms with Crippen molar-refractivity contribution in [1.29, 1.82) is 0 Å². The minimum Gasteiger partial charge on any atom is -0.477 e. The van der Waals surface area contributed by atoms with E-state index in [0.29, 0.717) is 18.6 Å². The largest absolute Gasteiger partial charge is 0.477 e. The zero-order valence-corrected chi connectivity index (χ0v) is 9.20. The molecule has 18 heavy (non-hydrogen) atoms. The second-order valence-electron chi connectivity index (χ2n) is 4.10. The van der Waals surface area contributed by atoms with E-state index in [-0.39, 0.29) is 5.88 Å². The van der Waals surface area contributed by atoms with E-state index in [1.165, 1.54) is 0 Å². The Morgan fingerprint density at radius 3 is 2.61 bits per heavy atom. The predicted octanol–water partition coefficient (Wildman–Crippen LogP) is 2.59. The average Bonchev–Trinajstić information content (AvgIpc) is 3.08. The van der Waals surface area contributed by atoms with E-state index >= 15 is 0 Å². The van der Waals surface area contributed by atoms with Crippen LogP contribution in [0.4, 0.5) is 13.2 Å². The number of halogens is 3. The molecule has 1 aromatic rings. The number of nitrogens with zero attached hydrogens (tertiary/aromatic N) is 1. The molecule has 1 heterocycles. The zero-order valence-electron chi connectivity index (χ0n) is 9.20. The number of hydrogen-bond acceptors (Lipinski definition) is 3. The fourth-order valence-corrected chi connectivity index (χ4v) is 1.40. The summed E-state index contributed by atoms with van der Waals surface area (Å²) in [5.41, 5.74) is -2.30. The number of alkyl halides is 3. The monoisotopic (exact) mass is 261 g/mol. The third-order valence-corrected chi connectivity index (χ3v) is 2.54. The van der Waals surface area contributed by atoms with Crippen LogP contribution >= 0.6 is 0 Å². The van der Waals surface area contributed by atoms with Gasteiger partial charge in [0.25, 0.3) is 0 Å². The number of ether oxygens (including phenoxy) is 1. The van der Waals surface area contributed by atoms with Gasteiger partial charge in [-0.25, -0.2) is 9.78 Å². The van der Waals surface area contributed by atoms with Crippen LogP contribution in [-0.2, 0) is 6.18 Å². The van der Waals surface area contributed by atoms with Gasteiger partial charge in [0.15, 0.2) is 5.69 Å². The highest BCUT2D eigenvalue weighted by Gasteiger charge is 2.36. The molecule has 1 fully saturated rings. The number of carbonyl (C=O) groups is 1. The van der Waals surface area contributed by atoms with Gasteiger partial charge in [-0.15, -0.1) is 0 Å². The van der Waals surface area contributed by atoms with E-state index in [0.717, 1.165) is 18.9 Å². The van der Waals surface area contributed by atoms with Crippen LogP contribution in [0.25, 0.3) is 0 Å². The fraction of sp³-hybridized carbons (Fsp3) is 0.455. The van der Waals surface area contributed by atoms with Crippen molar-refractivity contribution in [3.8, 4) is 5.88 Å². The number of hydrogen-bond donors (Lipinski definition) is 1. The molecule has 1 aliphatic rings. The Labute approximate surface area is 100 Å². The summed E-state index contributed by atoms with van der Waals surface area (Å²) in [4.78, 5) is 14.1. The van der Waals surface area contributed by atoms with E-state index in [9.17, 15) is 18.0 Å². The molecule has 1 N–H and O–H groups in total. The topological polar surface area (TPSA) is 59.4 Å². The minimum absolute atomic E-state index is 0.0905. The van der Waals surface area contributed by atoms with Crippen molar-refractivity contribution in [2.24, 2.45) is 5.92 Å². The fourth-order valence-electron chi connectivity index (χ4n) is 1.40. The summed E-state index contributed by atoms with van der Waals surface area (Å²) >= 11 is 0. The van der Waals surface area contributed by atoms with Crippen molar-refractivity contribution in [2.45, 2.75) is 19.0 Å². The van der Waals surface area contributed by atoms with Crippen molar-refractivity contribution < 1.29 is 27.8 Å². The van der Waals surface area contributed by atoms with Crippen LogP contribution in [0, 0.1) is 5.92 Å². The van der Waals surface area contributed by atoms with Gasteiger partial charge in [0, 0.05) is 6.07 Å². The van der Waals surface area contributed by atoms with Gasteiger partial charge in [-0.05, 0) is 24.8 Å². The van der Waals surface area contributed by atoms with E-state index in [1.807, 2.05) is 0 Å². The zero-order chi connectivity index (χ0) is 13.3. The number of rotatable bonds is 4. The molecule has 1 saturated carbocycles. The van der Waals surface area contributed by atoms with Gasteiger partial charge in [0.2, 0.25) is 5.88 Å². The van der Waals surface area contributed by atoms with Crippen LogP contribution in [0.15, 0.2) is 12.1 Å². The highest BCUT2D eigenvalue weighted by molar-refractivity contribution is 5.87. The molecule has 0 saturated heterocycles. The maximum atomic E-state index is 12.5. The van der Waals surface area contributed by atoms with Crippen LogP contribution in [-0.4, -0.2) is 22.7 Å². The number of carboxylic acid groups (broad SMARTS) is 1. The first kappa shape index (κ1) is 12.7. The molecule has 0 unspecified atom stereocenters. The second-order valence-corrected chi connectivity index (χ2v) is 4.10. The Kier molecular flexibility index (Phi) is 3.14. The van der Waals surface area contributed by atoms with Crippen molar-refractivity contribution in [3.63, 3.8) is 0 Å². The first-order valence-corrected chi connectivity index (χ1v) is 5.32. The maximum absolute atomic E-state index is 12.5. The third-order valence-electron chi connectivity index (χ3n) is 2.54. The molecule has 0 aromatic carbocycles. The van der Waals surface area contributed by atoms with Gasteiger partial charge in [0.05, 0.1) is 12.2 Å². The summed E-state index contributed by atoms with van der Waals surface area (Å²) in [6.45, 7) is 0.359. The lowest BCUT2D eigenvalue weighted by atomic mass is 10.2. The lowest BCUT2D eigenvalue weighted by molar-refractivity contribution is -0.138. The Bertz CT molecular complexity index is 469. The van der Waals surface area contributed by atoms with E-state index in [2.05, 4.69) is 4.98 Å². The molecule has 0 amide bonds. The van der Waals surface area contributed by atoms with Gasteiger partial charge < -0.3 is 9.84 Å². The third kappa shape index (κ3) is 2.91. The molecule has 1 aromatic heterocycles. The standard InChI is InChI=1S/C11H10F3NO3/c12-11(13,14)7-3-4-8(15-9(7)10(16)17)18-5-6-1-2-6/h3-4,6H,1-2,5H2,(H,16,17). The lowest BCUT2D eigenvalue weighted by Crippen LogP contribution is -2.15. The average molecular weight is 261 g/mol. The maximum Gasteiger partial charge on any atom is 0.418 e. The predicted molar refractivity (Wildman–Crippen MR) is 54.4 cm³/mol. The van der Waals surface area contributed by atoms with Gasteiger partial charge >= 0.3 is 12.1 Å². The van der Waals surface area contributed by atoms with Gasteiger partial charge in [-0.2, -0.15) is 13.2 Å². The van der Waals surface area contributed by atoms with E-state index < -0.39 is 23.4 Å². The van der Waals surface area contributed by atoms with Gasteiger partial charge in [0.1, 0.15) is 0 Å². The van der Waals surface area contributed by atoms with E-state index in [4.69, 9.17) is 9.84 Å². The first-order chi connectivity index (χ1) is 8.38. The minimum atomic E-state index is -4.74. The molecule has 98 valence electrons. The van der Waals surface area contributed by atoms with Crippen LogP contribution < -0.4 is 4.74 Å². The number of aromatic nitrogens is 1. The molecule has 0 bridgehead atoms.